The van der Waals surface area contributed by atoms with Crippen molar-refractivity contribution in [2.45, 2.75) is 35.8 Å². The van der Waals surface area contributed by atoms with Gasteiger partial charge < -0.3 is 9.64 Å². The van der Waals surface area contributed by atoms with Crippen molar-refractivity contribution in [3.05, 3.63) is 71.2 Å². The Labute approximate surface area is 188 Å². The van der Waals surface area contributed by atoms with Gasteiger partial charge in [0.1, 0.15) is 5.75 Å². The normalized spacial score (nSPS) is 15.7. The maximum absolute atomic E-state index is 12.9. The molecule has 0 spiro atoms. The summed E-state index contributed by atoms with van der Waals surface area (Å²) in [4.78, 5) is 6.80. The molecule has 1 aliphatic heterocycles. The van der Waals surface area contributed by atoms with Gasteiger partial charge in [0, 0.05) is 24.9 Å². The number of anilines is 1. The molecule has 170 valence electrons. The van der Waals surface area contributed by atoms with Crippen LogP contribution >= 0.6 is 11.3 Å². The zero-order valence-corrected chi connectivity index (χ0v) is 18.6. The summed E-state index contributed by atoms with van der Waals surface area (Å²) in [5, 5.41) is 2.31. The molecule has 0 atom stereocenters. The summed E-state index contributed by atoms with van der Waals surface area (Å²) in [6.45, 7) is 1.11. The van der Waals surface area contributed by atoms with Crippen molar-refractivity contribution >= 4 is 26.3 Å². The van der Waals surface area contributed by atoms with E-state index < -0.39 is 27.2 Å². The maximum Gasteiger partial charge on any atom is 0.573 e. The molecule has 1 saturated heterocycles. The van der Waals surface area contributed by atoms with E-state index in [1.807, 2.05) is 23.6 Å². The molecule has 2 heterocycles. The Morgan fingerprint density at radius 2 is 1.69 bits per heavy atom. The van der Waals surface area contributed by atoms with Gasteiger partial charge >= 0.3 is 6.36 Å². The van der Waals surface area contributed by atoms with Gasteiger partial charge in [-0.05, 0) is 42.7 Å². The average molecular weight is 483 g/mol. The number of hydrogen-bond donors (Lipinski definition) is 0. The van der Waals surface area contributed by atoms with Crippen LogP contribution < -0.4 is 9.64 Å². The Morgan fingerprint density at radius 3 is 2.31 bits per heavy atom. The largest absolute Gasteiger partial charge is 0.573 e. The fourth-order valence-electron chi connectivity index (χ4n) is 3.71. The molecule has 0 saturated carbocycles. The van der Waals surface area contributed by atoms with Crippen molar-refractivity contribution < 1.29 is 26.3 Å². The SMILES string of the molecule is O=S(=O)(c1ccc(OC(F)(F)F)cc1)C1CCN(c2nc(Cc3ccccc3)cs2)CC1. The van der Waals surface area contributed by atoms with Crippen molar-refractivity contribution in [1.29, 1.82) is 0 Å². The topological polar surface area (TPSA) is 59.5 Å². The average Bonchev–Trinajstić information content (AvgIpc) is 3.22. The minimum absolute atomic E-state index is 0.00451. The standard InChI is InChI=1S/C22H21F3N2O3S2/c23-22(24,25)30-18-6-8-19(9-7-18)32(28,29)20-10-12-27(13-11-20)21-26-17(15-31-21)14-16-4-2-1-3-5-16/h1-9,15,20H,10-14H2. The molecule has 32 heavy (non-hydrogen) atoms. The third kappa shape index (κ3) is 5.42. The van der Waals surface area contributed by atoms with E-state index in [0.29, 0.717) is 25.9 Å². The molecule has 1 aromatic heterocycles. The summed E-state index contributed by atoms with van der Waals surface area (Å²) in [5.74, 6) is -0.443. The fourth-order valence-corrected chi connectivity index (χ4v) is 6.32. The number of ether oxygens (including phenoxy) is 1. The van der Waals surface area contributed by atoms with Crippen molar-refractivity contribution in [2.75, 3.05) is 18.0 Å². The number of halogens is 3. The monoisotopic (exact) mass is 482 g/mol. The molecule has 3 aromatic rings. The molecule has 1 fully saturated rings. The van der Waals surface area contributed by atoms with Crippen LogP contribution in [0.5, 0.6) is 5.75 Å². The van der Waals surface area contributed by atoms with Crippen LogP contribution in [0.4, 0.5) is 18.3 Å². The smallest absolute Gasteiger partial charge is 0.406 e. The molecule has 1 aliphatic rings. The summed E-state index contributed by atoms with van der Waals surface area (Å²) >= 11 is 1.55. The number of aromatic nitrogens is 1. The molecular weight excluding hydrogens is 461 g/mol. The van der Waals surface area contributed by atoms with Crippen molar-refractivity contribution in [1.82, 2.24) is 4.98 Å². The van der Waals surface area contributed by atoms with E-state index in [-0.39, 0.29) is 4.90 Å². The van der Waals surface area contributed by atoms with Crippen LogP contribution in [-0.2, 0) is 16.3 Å². The van der Waals surface area contributed by atoms with E-state index >= 15 is 0 Å². The second-order valence-electron chi connectivity index (χ2n) is 7.53. The lowest BCUT2D eigenvalue weighted by atomic mass is 10.1. The summed E-state index contributed by atoms with van der Waals surface area (Å²) in [7, 11) is -3.64. The molecular formula is C22H21F3N2O3S2. The van der Waals surface area contributed by atoms with E-state index in [9.17, 15) is 21.6 Å². The summed E-state index contributed by atoms with van der Waals surface area (Å²) in [5.41, 5.74) is 2.16. The number of benzene rings is 2. The molecule has 2 aromatic carbocycles. The number of sulfone groups is 1. The molecule has 4 rings (SSSR count). The quantitative estimate of drug-likeness (QED) is 0.491. The van der Waals surface area contributed by atoms with E-state index in [1.54, 1.807) is 11.3 Å². The number of alkyl halides is 3. The Kier molecular flexibility index (Phi) is 6.43. The second kappa shape index (κ2) is 9.11. The highest BCUT2D eigenvalue weighted by atomic mass is 32.2. The highest BCUT2D eigenvalue weighted by Crippen LogP contribution is 2.31. The first-order chi connectivity index (χ1) is 15.2. The first-order valence-electron chi connectivity index (χ1n) is 10.0. The van der Waals surface area contributed by atoms with Crippen LogP contribution in [0.2, 0.25) is 0 Å². The molecule has 0 amide bonds. The lowest BCUT2D eigenvalue weighted by Gasteiger charge is -2.31. The summed E-state index contributed by atoms with van der Waals surface area (Å²) in [6.07, 6.45) is -3.21. The highest BCUT2D eigenvalue weighted by molar-refractivity contribution is 7.92. The Bertz CT molecular complexity index is 1140. The molecule has 0 radical (unpaired) electrons. The number of hydrogen-bond acceptors (Lipinski definition) is 6. The van der Waals surface area contributed by atoms with Gasteiger partial charge in [-0.15, -0.1) is 24.5 Å². The number of piperidine rings is 1. The Morgan fingerprint density at radius 1 is 1.03 bits per heavy atom. The van der Waals surface area contributed by atoms with Gasteiger partial charge in [0.25, 0.3) is 0 Å². The second-order valence-corrected chi connectivity index (χ2v) is 10.6. The van der Waals surface area contributed by atoms with Crippen LogP contribution in [0.15, 0.2) is 64.9 Å². The summed E-state index contributed by atoms with van der Waals surface area (Å²) in [6, 6.07) is 14.4. The molecule has 0 unspecified atom stereocenters. The lowest BCUT2D eigenvalue weighted by molar-refractivity contribution is -0.274. The fraction of sp³-hybridized carbons (Fsp3) is 0.318. The van der Waals surface area contributed by atoms with E-state index in [4.69, 9.17) is 4.98 Å². The van der Waals surface area contributed by atoms with Gasteiger partial charge in [0.05, 0.1) is 15.8 Å². The maximum atomic E-state index is 12.9. The van der Waals surface area contributed by atoms with Gasteiger partial charge in [-0.25, -0.2) is 13.4 Å². The first kappa shape index (κ1) is 22.6. The Balaban J connectivity index is 1.37. The van der Waals surface area contributed by atoms with Gasteiger partial charge in [-0.2, -0.15) is 0 Å². The zero-order valence-electron chi connectivity index (χ0n) is 17.0. The van der Waals surface area contributed by atoms with E-state index in [0.717, 1.165) is 29.4 Å². The van der Waals surface area contributed by atoms with Crippen LogP contribution in [0.1, 0.15) is 24.1 Å². The van der Waals surface area contributed by atoms with Gasteiger partial charge in [-0.3, -0.25) is 0 Å². The number of thiazole rings is 1. The molecule has 10 heteroatoms. The number of nitrogens with zero attached hydrogens (tertiary/aromatic N) is 2. The summed E-state index contributed by atoms with van der Waals surface area (Å²) < 4.78 is 66.6. The molecule has 0 bridgehead atoms. The molecule has 0 aliphatic carbocycles. The van der Waals surface area contributed by atoms with Crippen molar-refractivity contribution in [3.8, 4) is 5.75 Å². The van der Waals surface area contributed by atoms with Gasteiger partial charge in [-0.1, -0.05) is 30.3 Å². The van der Waals surface area contributed by atoms with Crippen LogP contribution in [0.3, 0.4) is 0 Å². The van der Waals surface area contributed by atoms with Crippen molar-refractivity contribution in [3.63, 3.8) is 0 Å². The van der Waals surface area contributed by atoms with Crippen LogP contribution in [0, 0.1) is 0 Å². The third-order valence-electron chi connectivity index (χ3n) is 5.30. The van der Waals surface area contributed by atoms with E-state index in [1.165, 1.54) is 17.7 Å². The van der Waals surface area contributed by atoms with Crippen LogP contribution in [-0.4, -0.2) is 38.1 Å². The Hall–Kier alpha value is -2.59. The van der Waals surface area contributed by atoms with E-state index in [2.05, 4.69) is 21.8 Å². The zero-order chi connectivity index (χ0) is 22.8. The predicted molar refractivity (Wildman–Crippen MR) is 117 cm³/mol. The first-order valence-corrected chi connectivity index (χ1v) is 12.5. The molecule has 0 N–H and O–H groups in total. The highest BCUT2D eigenvalue weighted by Gasteiger charge is 2.33. The van der Waals surface area contributed by atoms with Crippen molar-refractivity contribution in [2.24, 2.45) is 0 Å². The van der Waals surface area contributed by atoms with Gasteiger partial charge in [0.15, 0.2) is 15.0 Å². The predicted octanol–water partition coefficient (Wildman–Crippen LogP) is 5.08. The van der Waals surface area contributed by atoms with Gasteiger partial charge in [0.2, 0.25) is 0 Å². The minimum atomic E-state index is -4.82. The number of rotatable bonds is 6. The minimum Gasteiger partial charge on any atom is -0.406 e. The lowest BCUT2D eigenvalue weighted by Crippen LogP contribution is -2.39. The third-order valence-corrected chi connectivity index (χ3v) is 8.53. The molecule has 5 nitrogen and oxygen atoms in total. The van der Waals surface area contributed by atoms with Crippen LogP contribution in [0.25, 0.3) is 0 Å².